The van der Waals surface area contributed by atoms with Crippen molar-refractivity contribution >= 4 is 40.1 Å². The van der Waals surface area contributed by atoms with Crippen molar-refractivity contribution in [3.8, 4) is 5.13 Å². The number of carboxylic acids is 1. The molecule has 4 heterocycles. The molecule has 3 N–H and O–H groups in total. The molecule has 0 saturated carbocycles. The number of aryl methyl sites for hydroxylation is 1. The number of amides is 1. The number of aliphatic hydroxyl groups excluding tert-OH is 1. The monoisotopic (exact) mass is 457 g/mol. The summed E-state index contributed by atoms with van der Waals surface area (Å²) in [6.45, 7) is 5.96. The van der Waals surface area contributed by atoms with Crippen molar-refractivity contribution in [1.82, 2.24) is 19.9 Å². The average molecular weight is 458 g/mol. The van der Waals surface area contributed by atoms with Crippen molar-refractivity contribution in [3.05, 3.63) is 45.2 Å². The number of fused-ring (bicyclic) bond motifs is 1. The van der Waals surface area contributed by atoms with Crippen LogP contribution in [0.15, 0.2) is 28.6 Å². The predicted octanol–water partition coefficient (Wildman–Crippen LogP) is 1.17. The van der Waals surface area contributed by atoms with E-state index in [4.69, 9.17) is 0 Å². The van der Waals surface area contributed by atoms with Crippen LogP contribution in [0.4, 0.5) is 5.82 Å². The Morgan fingerprint density at radius 1 is 1.34 bits per heavy atom. The summed E-state index contributed by atoms with van der Waals surface area (Å²) in [5.74, 6) is -1.10. The first kappa shape index (κ1) is 21.9. The largest absolute Gasteiger partial charge is 0.477 e. The topological polar surface area (TPSA) is 138 Å². The van der Waals surface area contributed by atoms with E-state index in [1.54, 1.807) is 38.4 Å². The van der Waals surface area contributed by atoms with Gasteiger partial charge in [-0.1, -0.05) is 0 Å². The number of pyridine rings is 2. The Bertz CT molecular complexity index is 1260. The van der Waals surface area contributed by atoms with E-state index in [1.165, 1.54) is 22.1 Å². The summed E-state index contributed by atoms with van der Waals surface area (Å²) < 4.78 is 1.52. The highest BCUT2D eigenvalue weighted by atomic mass is 32.1. The van der Waals surface area contributed by atoms with E-state index in [9.17, 15) is 24.6 Å². The third-order valence-electron chi connectivity index (χ3n) is 5.43. The lowest BCUT2D eigenvalue weighted by molar-refractivity contribution is -0.127. The summed E-state index contributed by atoms with van der Waals surface area (Å²) in [5, 5.41) is 24.1. The number of nitrogens with one attached hydrogen (secondary N) is 1. The molecule has 0 unspecified atom stereocenters. The molecule has 32 heavy (non-hydrogen) atoms. The van der Waals surface area contributed by atoms with E-state index in [-0.39, 0.29) is 29.4 Å². The zero-order chi connectivity index (χ0) is 23.2. The van der Waals surface area contributed by atoms with Crippen molar-refractivity contribution in [2.24, 2.45) is 5.92 Å². The number of aromatic nitrogens is 3. The normalized spacial score (nSPS) is 14.4. The number of carbonyl (C=O) groups is 2. The quantitative estimate of drug-likeness (QED) is 0.502. The first-order chi connectivity index (χ1) is 15.1. The van der Waals surface area contributed by atoms with Gasteiger partial charge in [-0.2, -0.15) is 0 Å². The summed E-state index contributed by atoms with van der Waals surface area (Å²) in [6, 6.07) is 1.73. The minimum atomic E-state index is -1.31. The Hall–Kier alpha value is -3.31. The van der Waals surface area contributed by atoms with Crippen molar-refractivity contribution < 1.29 is 19.8 Å². The molecule has 3 aromatic rings. The number of aromatic carboxylic acids is 1. The number of anilines is 1. The number of rotatable bonds is 6. The summed E-state index contributed by atoms with van der Waals surface area (Å²) >= 11 is 1.30. The molecule has 1 fully saturated rings. The molecule has 0 radical (unpaired) electrons. The molecule has 1 saturated heterocycles. The molecule has 168 valence electrons. The summed E-state index contributed by atoms with van der Waals surface area (Å²) in [6.07, 6.45) is 2.85. The van der Waals surface area contributed by atoms with Gasteiger partial charge in [-0.25, -0.2) is 14.8 Å². The number of carbonyl (C=O) groups excluding carboxylic acids is 1. The standard InChI is InChI=1S/C21H23N5O5S/c1-11-6-14(25-7-12(8-25)18(29)24-21(2,3)10-27)23-17-15(11)16(28)13(19(30)31)9-26(17)20-22-4-5-32-20/h4-6,9,12,27H,7-8,10H2,1-3H3,(H,24,29)(H,30,31). The molecule has 0 aliphatic carbocycles. The molecule has 10 nitrogen and oxygen atoms in total. The van der Waals surface area contributed by atoms with Crippen molar-refractivity contribution in [2.45, 2.75) is 26.3 Å². The Kier molecular flexibility index (Phi) is 5.47. The van der Waals surface area contributed by atoms with Gasteiger partial charge in [0, 0.05) is 30.9 Å². The van der Waals surface area contributed by atoms with Crippen LogP contribution in [-0.2, 0) is 4.79 Å². The van der Waals surface area contributed by atoms with Gasteiger partial charge in [0.25, 0.3) is 0 Å². The molecule has 1 aliphatic rings. The van der Waals surface area contributed by atoms with E-state index < -0.39 is 16.9 Å². The van der Waals surface area contributed by atoms with E-state index in [2.05, 4.69) is 15.3 Å². The molecule has 0 atom stereocenters. The Morgan fingerprint density at radius 2 is 2.06 bits per heavy atom. The summed E-state index contributed by atoms with van der Waals surface area (Å²) in [7, 11) is 0. The van der Waals surface area contributed by atoms with Crippen molar-refractivity contribution in [3.63, 3.8) is 0 Å². The van der Waals surface area contributed by atoms with Crippen molar-refractivity contribution in [2.75, 3.05) is 24.6 Å². The Morgan fingerprint density at radius 3 is 2.66 bits per heavy atom. The van der Waals surface area contributed by atoms with Crippen LogP contribution in [0.5, 0.6) is 0 Å². The maximum absolute atomic E-state index is 12.8. The Labute approximate surface area is 187 Å². The number of thiazole rings is 1. The van der Waals surface area contributed by atoms with Crippen LogP contribution < -0.4 is 15.6 Å². The van der Waals surface area contributed by atoms with Crippen LogP contribution in [0.25, 0.3) is 16.2 Å². The SMILES string of the molecule is Cc1cc(N2CC(C(=O)NC(C)(C)CO)C2)nc2c1c(=O)c(C(=O)O)cn2-c1nccs1. The van der Waals surface area contributed by atoms with Gasteiger partial charge in [0.05, 0.1) is 23.4 Å². The highest BCUT2D eigenvalue weighted by Crippen LogP contribution is 2.28. The fraction of sp³-hybridized carbons (Fsp3) is 0.381. The number of nitrogens with zero attached hydrogens (tertiary/aromatic N) is 4. The van der Waals surface area contributed by atoms with Gasteiger partial charge >= 0.3 is 5.97 Å². The molecule has 4 rings (SSSR count). The van der Waals surface area contributed by atoms with Crippen LogP contribution in [-0.4, -0.2) is 61.9 Å². The van der Waals surface area contributed by atoms with Gasteiger partial charge in [-0.05, 0) is 32.4 Å². The second-order valence-corrected chi connectivity index (χ2v) is 9.36. The van der Waals surface area contributed by atoms with Gasteiger partial charge in [0.1, 0.15) is 11.4 Å². The fourth-order valence-corrected chi connectivity index (χ4v) is 4.20. The smallest absolute Gasteiger partial charge is 0.341 e. The summed E-state index contributed by atoms with van der Waals surface area (Å²) in [4.78, 5) is 47.7. The predicted molar refractivity (Wildman–Crippen MR) is 120 cm³/mol. The molecular formula is C21H23N5O5S. The number of aliphatic hydroxyl groups is 1. The van der Waals surface area contributed by atoms with E-state index in [0.717, 1.165) is 0 Å². The minimum absolute atomic E-state index is 0.136. The van der Waals surface area contributed by atoms with Crippen LogP contribution in [0.2, 0.25) is 0 Å². The van der Waals surface area contributed by atoms with E-state index >= 15 is 0 Å². The lowest BCUT2D eigenvalue weighted by atomic mass is 9.96. The van der Waals surface area contributed by atoms with Gasteiger partial charge in [-0.15, -0.1) is 11.3 Å². The number of hydrogen-bond acceptors (Lipinski definition) is 8. The van der Waals surface area contributed by atoms with Gasteiger partial charge in [0.2, 0.25) is 11.3 Å². The molecule has 1 amide bonds. The average Bonchev–Trinajstić information content (AvgIpc) is 3.20. The first-order valence-corrected chi connectivity index (χ1v) is 10.9. The lowest BCUT2D eigenvalue weighted by Crippen LogP contribution is -2.58. The van der Waals surface area contributed by atoms with Crippen LogP contribution in [0, 0.1) is 12.8 Å². The van der Waals surface area contributed by atoms with Gasteiger partial charge < -0.3 is 20.4 Å². The maximum Gasteiger partial charge on any atom is 0.341 e. The van der Waals surface area contributed by atoms with E-state index in [1.807, 2.05) is 4.90 Å². The molecule has 0 spiro atoms. The second kappa shape index (κ2) is 7.99. The molecule has 0 bridgehead atoms. The zero-order valence-corrected chi connectivity index (χ0v) is 18.6. The van der Waals surface area contributed by atoms with E-state index in [0.29, 0.717) is 35.2 Å². The molecule has 11 heteroatoms. The summed E-state index contributed by atoms with van der Waals surface area (Å²) in [5.41, 5.74) is -0.723. The number of hydrogen-bond donors (Lipinski definition) is 3. The number of carboxylic acid groups (broad SMARTS) is 1. The molecular weight excluding hydrogens is 434 g/mol. The lowest BCUT2D eigenvalue weighted by Gasteiger charge is -2.40. The molecule has 0 aromatic carbocycles. The third kappa shape index (κ3) is 3.84. The van der Waals surface area contributed by atoms with Gasteiger partial charge in [-0.3, -0.25) is 14.2 Å². The molecule has 3 aromatic heterocycles. The highest BCUT2D eigenvalue weighted by molar-refractivity contribution is 7.12. The second-order valence-electron chi connectivity index (χ2n) is 8.49. The zero-order valence-electron chi connectivity index (χ0n) is 17.8. The maximum atomic E-state index is 12.8. The molecule has 1 aliphatic heterocycles. The minimum Gasteiger partial charge on any atom is -0.477 e. The van der Waals surface area contributed by atoms with Crippen molar-refractivity contribution in [1.29, 1.82) is 0 Å². The highest BCUT2D eigenvalue weighted by Gasteiger charge is 2.36. The third-order valence-corrected chi connectivity index (χ3v) is 6.20. The first-order valence-electron chi connectivity index (χ1n) is 9.99. The Balaban J connectivity index is 1.71. The van der Waals surface area contributed by atoms with Gasteiger partial charge in [0.15, 0.2) is 10.8 Å². The van der Waals surface area contributed by atoms with Crippen LogP contribution in [0.1, 0.15) is 29.8 Å². The van der Waals surface area contributed by atoms with Crippen LogP contribution in [0.3, 0.4) is 0 Å². The fourth-order valence-electron chi connectivity index (χ4n) is 3.58. The van der Waals surface area contributed by atoms with Crippen LogP contribution >= 0.6 is 11.3 Å².